The molecule has 0 amide bonds. The lowest BCUT2D eigenvalue weighted by molar-refractivity contribution is 0.0998. The molecule has 0 aromatic carbocycles. The van der Waals surface area contributed by atoms with Crippen molar-refractivity contribution in [2.24, 2.45) is 0 Å². The number of aromatic nitrogens is 2. The zero-order chi connectivity index (χ0) is 13.8. The fourth-order valence-electron chi connectivity index (χ4n) is 3.01. The fourth-order valence-corrected chi connectivity index (χ4v) is 4.23. The standard InChI is InChI=1S/C14H18ClIN2O/c1-14(2,3)11-10(16)12(15)18-13(17-11)8-6-7-4-5-9(8)19-7/h7-9H,4-6H2,1-3H3. The molecule has 3 nitrogen and oxygen atoms in total. The van der Waals surface area contributed by atoms with Crippen LogP contribution in [0.2, 0.25) is 5.15 Å². The molecule has 104 valence electrons. The minimum atomic E-state index is -0.0175. The molecule has 2 aliphatic rings. The number of hydrogen-bond donors (Lipinski definition) is 0. The molecule has 2 saturated heterocycles. The first kappa shape index (κ1) is 14.0. The van der Waals surface area contributed by atoms with E-state index in [9.17, 15) is 0 Å². The van der Waals surface area contributed by atoms with E-state index in [4.69, 9.17) is 21.3 Å². The van der Waals surface area contributed by atoms with Crippen molar-refractivity contribution in [3.8, 4) is 0 Å². The van der Waals surface area contributed by atoms with E-state index in [2.05, 4.69) is 48.3 Å². The number of halogens is 2. The first-order chi connectivity index (χ1) is 8.86. The predicted molar refractivity (Wildman–Crippen MR) is 83.7 cm³/mol. The van der Waals surface area contributed by atoms with Crippen LogP contribution in [0.3, 0.4) is 0 Å². The minimum Gasteiger partial charge on any atom is -0.374 e. The van der Waals surface area contributed by atoms with Gasteiger partial charge in [0.2, 0.25) is 0 Å². The topological polar surface area (TPSA) is 35.0 Å². The number of nitrogens with zero attached hydrogens (tertiary/aromatic N) is 2. The molecule has 0 radical (unpaired) electrons. The van der Waals surface area contributed by atoms with Gasteiger partial charge in [0, 0.05) is 11.3 Å². The van der Waals surface area contributed by atoms with Gasteiger partial charge < -0.3 is 4.74 Å². The third-order valence-electron chi connectivity index (χ3n) is 3.98. The van der Waals surface area contributed by atoms with E-state index >= 15 is 0 Å². The second-order valence-corrected chi connectivity index (χ2v) is 7.94. The molecule has 3 rings (SSSR count). The van der Waals surface area contributed by atoms with Crippen molar-refractivity contribution < 1.29 is 4.74 Å². The van der Waals surface area contributed by atoms with Crippen LogP contribution in [-0.4, -0.2) is 22.2 Å². The summed E-state index contributed by atoms with van der Waals surface area (Å²) in [6.07, 6.45) is 4.08. The highest BCUT2D eigenvalue weighted by molar-refractivity contribution is 14.1. The van der Waals surface area contributed by atoms with Crippen molar-refractivity contribution in [3.05, 3.63) is 20.2 Å². The van der Waals surface area contributed by atoms with Crippen LogP contribution in [0.4, 0.5) is 0 Å². The van der Waals surface area contributed by atoms with Crippen LogP contribution in [0.5, 0.6) is 0 Å². The zero-order valence-electron chi connectivity index (χ0n) is 11.4. The van der Waals surface area contributed by atoms with Crippen LogP contribution in [0, 0.1) is 3.57 Å². The maximum atomic E-state index is 6.31. The Bertz CT molecular complexity index is 515. The van der Waals surface area contributed by atoms with Crippen LogP contribution in [0.1, 0.15) is 57.5 Å². The quantitative estimate of drug-likeness (QED) is 0.534. The number of fused-ring (bicyclic) bond motifs is 2. The van der Waals surface area contributed by atoms with Gasteiger partial charge in [0.25, 0.3) is 0 Å². The average Bonchev–Trinajstić information content (AvgIpc) is 2.92. The molecule has 19 heavy (non-hydrogen) atoms. The highest BCUT2D eigenvalue weighted by Gasteiger charge is 2.43. The summed E-state index contributed by atoms with van der Waals surface area (Å²) >= 11 is 8.55. The Morgan fingerprint density at radius 3 is 2.53 bits per heavy atom. The van der Waals surface area contributed by atoms with Crippen molar-refractivity contribution >= 4 is 34.2 Å². The molecule has 3 heterocycles. The number of hydrogen-bond acceptors (Lipinski definition) is 3. The van der Waals surface area contributed by atoms with E-state index in [1.54, 1.807) is 0 Å². The molecule has 0 aliphatic carbocycles. The Labute approximate surface area is 132 Å². The van der Waals surface area contributed by atoms with Gasteiger partial charge in [-0.15, -0.1) is 0 Å². The van der Waals surface area contributed by atoms with E-state index in [0.29, 0.717) is 23.3 Å². The molecule has 2 fully saturated rings. The van der Waals surface area contributed by atoms with Crippen LogP contribution in [0.25, 0.3) is 0 Å². The first-order valence-corrected chi connectivity index (χ1v) is 8.21. The zero-order valence-corrected chi connectivity index (χ0v) is 14.3. The van der Waals surface area contributed by atoms with Gasteiger partial charge in [-0.2, -0.15) is 0 Å². The van der Waals surface area contributed by atoms with E-state index < -0.39 is 0 Å². The molecule has 0 N–H and O–H groups in total. The van der Waals surface area contributed by atoms with Gasteiger partial charge in [-0.05, 0) is 41.9 Å². The maximum Gasteiger partial charge on any atom is 0.146 e. The van der Waals surface area contributed by atoms with Crippen LogP contribution in [0.15, 0.2) is 0 Å². The Hall–Kier alpha value is 0.0600. The monoisotopic (exact) mass is 392 g/mol. The summed E-state index contributed by atoms with van der Waals surface area (Å²) in [5.41, 5.74) is 1.03. The molecule has 3 unspecified atom stereocenters. The molecule has 1 aromatic rings. The van der Waals surface area contributed by atoms with Gasteiger partial charge in [0.15, 0.2) is 0 Å². The van der Waals surface area contributed by atoms with Gasteiger partial charge in [0.05, 0.1) is 21.5 Å². The first-order valence-electron chi connectivity index (χ1n) is 6.75. The number of rotatable bonds is 1. The van der Waals surface area contributed by atoms with Crippen molar-refractivity contribution in [1.29, 1.82) is 0 Å². The van der Waals surface area contributed by atoms with Crippen LogP contribution >= 0.6 is 34.2 Å². The molecule has 2 aliphatic heterocycles. The molecule has 3 atom stereocenters. The van der Waals surface area contributed by atoms with Gasteiger partial charge >= 0.3 is 0 Å². The van der Waals surface area contributed by atoms with E-state index in [1.807, 2.05) is 0 Å². The highest BCUT2D eigenvalue weighted by Crippen LogP contribution is 2.44. The van der Waals surface area contributed by atoms with Gasteiger partial charge in [-0.3, -0.25) is 0 Å². The van der Waals surface area contributed by atoms with E-state index in [1.165, 1.54) is 6.42 Å². The van der Waals surface area contributed by atoms with Gasteiger partial charge in [-0.1, -0.05) is 32.4 Å². The lowest BCUT2D eigenvalue weighted by Crippen LogP contribution is -2.22. The second-order valence-electron chi connectivity index (χ2n) is 6.50. The molecule has 2 bridgehead atoms. The van der Waals surface area contributed by atoms with Crippen LogP contribution in [-0.2, 0) is 10.2 Å². The largest absolute Gasteiger partial charge is 0.374 e. The molecular weight excluding hydrogens is 375 g/mol. The summed E-state index contributed by atoms with van der Waals surface area (Å²) in [7, 11) is 0. The Kier molecular flexibility index (Phi) is 3.55. The third kappa shape index (κ3) is 2.51. The van der Waals surface area contributed by atoms with Gasteiger partial charge in [0.1, 0.15) is 11.0 Å². The lowest BCUT2D eigenvalue weighted by Gasteiger charge is -2.23. The minimum absolute atomic E-state index is 0.0175. The molecule has 0 saturated carbocycles. The SMILES string of the molecule is CC(C)(C)c1nc(C2CC3CCC2O3)nc(Cl)c1I. The lowest BCUT2D eigenvalue weighted by atomic mass is 9.87. The Balaban J connectivity index is 2.01. The van der Waals surface area contributed by atoms with Crippen molar-refractivity contribution in [3.63, 3.8) is 0 Å². The van der Waals surface area contributed by atoms with E-state index in [-0.39, 0.29) is 5.41 Å². The summed E-state index contributed by atoms with van der Waals surface area (Å²) in [4.78, 5) is 9.34. The van der Waals surface area contributed by atoms with Crippen molar-refractivity contribution in [2.45, 2.75) is 63.6 Å². The normalized spacial score (nSPS) is 30.1. The van der Waals surface area contributed by atoms with Crippen LogP contribution < -0.4 is 0 Å². The maximum absolute atomic E-state index is 6.31. The third-order valence-corrected chi connectivity index (χ3v) is 5.59. The summed E-state index contributed by atoms with van der Waals surface area (Å²) in [6.45, 7) is 6.48. The Morgan fingerprint density at radius 1 is 1.26 bits per heavy atom. The summed E-state index contributed by atoms with van der Waals surface area (Å²) in [5, 5.41) is 0.582. The summed E-state index contributed by atoms with van der Waals surface area (Å²) < 4.78 is 6.88. The molecular formula is C14H18ClIN2O. The number of ether oxygens (including phenoxy) is 1. The summed E-state index contributed by atoms with van der Waals surface area (Å²) in [5.74, 6) is 1.21. The highest BCUT2D eigenvalue weighted by atomic mass is 127. The second kappa shape index (κ2) is 4.81. The van der Waals surface area contributed by atoms with Gasteiger partial charge in [-0.25, -0.2) is 9.97 Å². The molecule has 5 heteroatoms. The molecule has 0 spiro atoms. The Morgan fingerprint density at radius 2 is 2.00 bits per heavy atom. The molecule has 1 aromatic heterocycles. The van der Waals surface area contributed by atoms with E-state index in [0.717, 1.165) is 27.9 Å². The van der Waals surface area contributed by atoms with Crippen molar-refractivity contribution in [2.75, 3.05) is 0 Å². The average molecular weight is 393 g/mol. The smallest absolute Gasteiger partial charge is 0.146 e. The fraction of sp³-hybridized carbons (Fsp3) is 0.714. The summed E-state index contributed by atoms with van der Waals surface area (Å²) in [6, 6.07) is 0. The predicted octanol–water partition coefficient (Wildman–Crippen LogP) is 4.07. The van der Waals surface area contributed by atoms with Crippen molar-refractivity contribution in [1.82, 2.24) is 9.97 Å².